The van der Waals surface area contributed by atoms with Crippen LogP contribution in [-0.2, 0) is 22.6 Å². The SMILES string of the molecule is CC(NC(=O)C(C)(Cc1c[nH]c2ccccc12)NC(=O)OCc1cc2ccccc2o1)c1ccsc1. The molecule has 2 unspecified atom stereocenters. The van der Waals surface area contributed by atoms with Crippen molar-refractivity contribution in [1.29, 1.82) is 0 Å². The highest BCUT2D eigenvalue weighted by molar-refractivity contribution is 7.08. The molecule has 0 aliphatic carbocycles. The first-order valence-corrected chi connectivity index (χ1v) is 12.7. The fourth-order valence-electron chi connectivity index (χ4n) is 4.31. The third-order valence-electron chi connectivity index (χ3n) is 6.31. The van der Waals surface area contributed by atoms with E-state index in [2.05, 4.69) is 15.6 Å². The third kappa shape index (κ3) is 4.99. The zero-order valence-corrected chi connectivity index (χ0v) is 20.9. The van der Waals surface area contributed by atoms with Gasteiger partial charge in [-0.15, -0.1) is 0 Å². The topological polar surface area (TPSA) is 96.4 Å². The van der Waals surface area contributed by atoms with E-state index in [0.29, 0.717) is 5.76 Å². The summed E-state index contributed by atoms with van der Waals surface area (Å²) in [5, 5.41) is 11.8. The first kappa shape index (κ1) is 23.7. The molecule has 0 spiro atoms. The molecule has 5 aromatic rings. The van der Waals surface area contributed by atoms with E-state index in [4.69, 9.17) is 9.15 Å². The van der Waals surface area contributed by atoms with Gasteiger partial charge in [-0.3, -0.25) is 4.79 Å². The number of carbonyl (C=O) groups is 2. The molecule has 0 saturated heterocycles. The maximum Gasteiger partial charge on any atom is 0.408 e. The van der Waals surface area contributed by atoms with Gasteiger partial charge in [0, 0.05) is 28.9 Å². The lowest BCUT2D eigenvalue weighted by atomic mass is 9.91. The minimum absolute atomic E-state index is 0.0450. The molecule has 7 nitrogen and oxygen atoms in total. The number of fused-ring (bicyclic) bond motifs is 2. The van der Waals surface area contributed by atoms with Gasteiger partial charge in [-0.25, -0.2) is 4.79 Å². The summed E-state index contributed by atoms with van der Waals surface area (Å²) >= 11 is 1.57. The molecule has 36 heavy (non-hydrogen) atoms. The van der Waals surface area contributed by atoms with E-state index in [0.717, 1.165) is 33.0 Å². The van der Waals surface area contributed by atoms with Crippen LogP contribution in [0.4, 0.5) is 4.79 Å². The van der Waals surface area contributed by atoms with Crippen molar-refractivity contribution < 1.29 is 18.7 Å². The molecule has 3 aromatic heterocycles. The summed E-state index contributed by atoms with van der Waals surface area (Å²) in [4.78, 5) is 29.7. The van der Waals surface area contributed by atoms with E-state index in [1.807, 2.05) is 84.5 Å². The van der Waals surface area contributed by atoms with E-state index in [-0.39, 0.29) is 25.0 Å². The van der Waals surface area contributed by atoms with Gasteiger partial charge in [0.1, 0.15) is 16.9 Å². The molecule has 0 aliphatic heterocycles. The fourth-order valence-corrected chi connectivity index (χ4v) is 5.06. The largest absolute Gasteiger partial charge is 0.457 e. The summed E-state index contributed by atoms with van der Waals surface area (Å²) in [5.74, 6) is 0.229. The molecule has 5 rings (SSSR count). The predicted octanol–water partition coefficient (Wildman–Crippen LogP) is 6.08. The highest BCUT2D eigenvalue weighted by atomic mass is 32.1. The van der Waals surface area contributed by atoms with Gasteiger partial charge < -0.3 is 24.8 Å². The number of furan rings is 1. The van der Waals surface area contributed by atoms with Gasteiger partial charge in [-0.1, -0.05) is 36.4 Å². The Balaban J connectivity index is 1.34. The van der Waals surface area contributed by atoms with E-state index in [1.54, 1.807) is 18.3 Å². The van der Waals surface area contributed by atoms with Crippen LogP contribution >= 0.6 is 11.3 Å². The molecule has 2 aromatic carbocycles. The molecular weight excluding hydrogens is 474 g/mol. The molecule has 0 radical (unpaired) electrons. The Morgan fingerprint density at radius 2 is 1.94 bits per heavy atom. The van der Waals surface area contributed by atoms with E-state index < -0.39 is 11.6 Å². The third-order valence-corrected chi connectivity index (χ3v) is 7.01. The van der Waals surface area contributed by atoms with Crippen molar-refractivity contribution in [2.24, 2.45) is 0 Å². The summed E-state index contributed by atoms with van der Waals surface area (Å²) in [6, 6.07) is 19.1. The van der Waals surface area contributed by atoms with Crippen molar-refractivity contribution in [3.63, 3.8) is 0 Å². The van der Waals surface area contributed by atoms with Crippen molar-refractivity contribution in [3.05, 3.63) is 94.5 Å². The van der Waals surface area contributed by atoms with Crippen molar-refractivity contribution in [2.75, 3.05) is 0 Å². The van der Waals surface area contributed by atoms with Gasteiger partial charge in [0.2, 0.25) is 5.91 Å². The molecule has 8 heteroatoms. The van der Waals surface area contributed by atoms with Gasteiger partial charge in [-0.2, -0.15) is 11.3 Å². The van der Waals surface area contributed by atoms with Crippen molar-refractivity contribution >= 4 is 45.2 Å². The lowest BCUT2D eigenvalue weighted by Crippen LogP contribution is -2.58. The molecule has 3 N–H and O–H groups in total. The molecule has 184 valence electrons. The minimum atomic E-state index is -1.26. The van der Waals surface area contributed by atoms with Crippen molar-refractivity contribution in [1.82, 2.24) is 15.6 Å². The maximum absolute atomic E-state index is 13.6. The van der Waals surface area contributed by atoms with Crippen LogP contribution in [0.5, 0.6) is 0 Å². The van der Waals surface area contributed by atoms with E-state index in [1.165, 1.54) is 0 Å². The van der Waals surface area contributed by atoms with E-state index in [9.17, 15) is 9.59 Å². The smallest absolute Gasteiger partial charge is 0.408 e. The average molecular weight is 502 g/mol. The lowest BCUT2D eigenvalue weighted by molar-refractivity contribution is -0.127. The number of aromatic amines is 1. The molecule has 0 bridgehead atoms. The Kier molecular flexibility index (Phi) is 6.52. The Morgan fingerprint density at radius 3 is 2.75 bits per heavy atom. The zero-order valence-electron chi connectivity index (χ0n) is 20.0. The number of para-hydroxylation sites is 2. The molecule has 3 heterocycles. The summed E-state index contributed by atoms with van der Waals surface area (Å²) < 4.78 is 11.2. The van der Waals surface area contributed by atoms with Gasteiger partial charge in [0.05, 0.1) is 6.04 Å². The summed E-state index contributed by atoms with van der Waals surface area (Å²) in [6.45, 7) is 3.59. The first-order chi connectivity index (χ1) is 17.4. The highest BCUT2D eigenvalue weighted by Crippen LogP contribution is 2.25. The molecule has 2 amide bonds. The number of nitrogens with one attached hydrogen (secondary N) is 3. The maximum atomic E-state index is 13.6. The Bertz CT molecular complexity index is 1470. The van der Waals surface area contributed by atoms with Crippen LogP contribution in [0.2, 0.25) is 0 Å². The van der Waals surface area contributed by atoms with Crippen LogP contribution in [0.15, 0.2) is 82.0 Å². The standard InChI is InChI=1S/C28H27N3O4S/c1-18(20-11-12-36-17-20)30-26(32)28(2,14-21-15-29-24-9-5-4-8-23(21)24)31-27(33)34-16-22-13-19-7-3-6-10-25(19)35-22/h3-13,15,17-18,29H,14,16H2,1-2H3,(H,30,32)(H,31,33). The second-order valence-electron chi connectivity index (χ2n) is 9.07. The van der Waals surface area contributed by atoms with Crippen LogP contribution in [0.3, 0.4) is 0 Å². The summed E-state index contributed by atoms with van der Waals surface area (Å²) in [6.07, 6.45) is 1.45. The molecular formula is C28H27N3O4S. The fraction of sp³-hybridized carbons (Fsp3) is 0.214. The first-order valence-electron chi connectivity index (χ1n) is 11.7. The quantitative estimate of drug-likeness (QED) is 0.240. The van der Waals surface area contributed by atoms with Crippen LogP contribution in [-0.4, -0.2) is 22.5 Å². The predicted molar refractivity (Wildman–Crippen MR) is 141 cm³/mol. The Morgan fingerprint density at radius 1 is 1.14 bits per heavy atom. The lowest BCUT2D eigenvalue weighted by Gasteiger charge is -2.30. The number of thiophene rings is 1. The molecule has 0 saturated carbocycles. The van der Waals surface area contributed by atoms with Crippen molar-refractivity contribution in [3.8, 4) is 0 Å². The molecule has 2 atom stereocenters. The number of alkyl carbamates (subject to hydrolysis) is 1. The summed E-state index contributed by atoms with van der Waals surface area (Å²) in [7, 11) is 0. The number of benzene rings is 2. The number of hydrogen-bond donors (Lipinski definition) is 3. The monoisotopic (exact) mass is 501 g/mol. The highest BCUT2D eigenvalue weighted by Gasteiger charge is 2.37. The summed E-state index contributed by atoms with van der Waals surface area (Å²) in [5.41, 5.74) is 2.36. The number of hydrogen-bond acceptors (Lipinski definition) is 5. The number of rotatable bonds is 8. The number of carbonyl (C=O) groups excluding carboxylic acids is 2. The van der Waals surface area contributed by atoms with Gasteiger partial charge in [0.15, 0.2) is 6.61 Å². The van der Waals surface area contributed by atoms with E-state index >= 15 is 0 Å². The Labute approximate surface area is 212 Å². The second-order valence-corrected chi connectivity index (χ2v) is 9.85. The van der Waals surface area contributed by atoms with Gasteiger partial charge in [-0.05, 0) is 60.0 Å². The minimum Gasteiger partial charge on any atom is -0.457 e. The number of H-pyrrole nitrogens is 1. The van der Waals surface area contributed by atoms with Crippen LogP contribution in [0.25, 0.3) is 21.9 Å². The average Bonchev–Trinajstić information content (AvgIpc) is 3.62. The number of amides is 2. The molecule has 0 aliphatic rings. The van der Waals surface area contributed by atoms with Gasteiger partial charge >= 0.3 is 6.09 Å². The Hall–Kier alpha value is -4.04. The normalized spacial score (nSPS) is 13.8. The second kappa shape index (κ2) is 9.91. The number of aromatic nitrogens is 1. The van der Waals surface area contributed by atoms with Crippen LogP contribution in [0, 0.1) is 0 Å². The number of ether oxygens (including phenoxy) is 1. The van der Waals surface area contributed by atoms with Crippen LogP contribution < -0.4 is 10.6 Å². The molecule has 0 fully saturated rings. The van der Waals surface area contributed by atoms with Crippen LogP contribution in [0.1, 0.15) is 36.8 Å². The van der Waals surface area contributed by atoms with Crippen molar-refractivity contribution in [2.45, 2.75) is 38.5 Å². The van der Waals surface area contributed by atoms with Gasteiger partial charge in [0.25, 0.3) is 0 Å². The zero-order chi connectivity index (χ0) is 25.1.